The molecule has 134 valence electrons. The fourth-order valence-electron chi connectivity index (χ4n) is 2.64. The molecule has 0 aliphatic carbocycles. The molecule has 0 atom stereocenters. The van der Waals surface area contributed by atoms with Gasteiger partial charge in [0.1, 0.15) is 18.2 Å². The molecule has 1 N–H and O–H groups in total. The molecule has 1 aromatic carbocycles. The highest BCUT2D eigenvalue weighted by Gasteiger charge is 2.17. The second-order valence-corrected chi connectivity index (χ2v) is 7.15. The maximum atomic E-state index is 12.0. The molecular weight excluding hydrogens is 338 g/mol. The van der Waals surface area contributed by atoms with Gasteiger partial charge in [0.15, 0.2) is 5.16 Å². The van der Waals surface area contributed by atoms with E-state index in [4.69, 9.17) is 4.74 Å². The Kier molecular flexibility index (Phi) is 5.93. The van der Waals surface area contributed by atoms with Crippen molar-refractivity contribution in [1.29, 1.82) is 0 Å². The third-order valence-electron chi connectivity index (χ3n) is 4.11. The summed E-state index contributed by atoms with van der Waals surface area (Å²) in [5.41, 5.74) is 0.763. The zero-order valence-electron chi connectivity index (χ0n) is 14.5. The number of nitrogens with zero attached hydrogens (tertiary/aromatic N) is 4. The van der Waals surface area contributed by atoms with Crippen LogP contribution in [0.15, 0.2) is 35.7 Å². The highest BCUT2D eigenvalue weighted by Crippen LogP contribution is 2.21. The lowest BCUT2D eigenvalue weighted by molar-refractivity contribution is -0.113. The average Bonchev–Trinajstić information content (AvgIpc) is 3.02. The van der Waals surface area contributed by atoms with Gasteiger partial charge in [0, 0.05) is 25.8 Å². The smallest absolute Gasteiger partial charge is 0.234 e. The van der Waals surface area contributed by atoms with Gasteiger partial charge in [0.25, 0.3) is 0 Å². The maximum absolute atomic E-state index is 12.0. The van der Waals surface area contributed by atoms with Crippen LogP contribution in [0.2, 0.25) is 0 Å². The van der Waals surface area contributed by atoms with Gasteiger partial charge in [0.2, 0.25) is 5.91 Å². The van der Waals surface area contributed by atoms with E-state index in [2.05, 4.69) is 27.5 Å². The summed E-state index contributed by atoms with van der Waals surface area (Å²) in [7, 11) is 3.99. The molecule has 2 aromatic rings. The molecule has 1 aliphatic rings. The van der Waals surface area contributed by atoms with Crippen LogP contribution in [0.1, 0.15) is 12.8 Å². The summed E-state index contributed by atoms with van der Waals surface area (Å²) < 4.78 is 7.80. The van der Waals surface area contributed by atoms with Crippen molar-refractivity contribution in [3.8, 4) is 5.75 Å². The van der Waals surface area contributed by atoms with Crippen LogP contribution in [0.3, 0.4) is 0 Å². The topological polar surface area (TPSA) is 72.3 Å². The summed E-state index contributed by atoms with van der Waals surface area (Å²) in [4.78, 5) is 14.3. The number of thioether (sulfide) groups is 1. The van der Waals surface area contributed by atoms with Crippen LogP contribution < -0.4 is 10.1 Å². The molecule has 0 radical (unpaired) electrons. The van der Waals surface area contributed by atoms with E-state index in [1.54, 1.807) is 10.9 Å². The van der Waals surface area contributed by atoms with Crippen LogP contribution >= 0.6 is 11.8 Å². The van der Waals surface area contributed by atoms with E-state index in [9.17, 15) is 4.79 Å². The first-order valence-electron chi connectivity index (χ1n) is 8.32. The number of aryl methyl sites for hydroxylation is 1. The lowest BCUT2D eigenvalue weighted by Gasteiger charge is -2.29. The molecule has 1 saturated heterocycles. The number of hydrogen-bond donors (Lipinski definition) is 1. The van der Waals surface area contributed by atoms with Crippen LogP contribution in [-0.2, 0) is 11.8 Å². The zero-order chi connectivity index (χ0) is 17.6. The van der Waals surface area contributed by atoms with Gasteiger partial charge in [-0.25, -0.2) is 0 Å². The van der Waals surface area contributed by atoms with Gasteiger partial charge in [-0.15, -0.1) is 10.2 Å². The van der Waals surface area contributed by atoms with Crippen molar-refractivity contribution in [2.75, 3.05) is 31.2 Å². The van der Waals surface area contributed by atoms with E-state index < -0.39 is 0 Å². The molecule has 0 spiro atoms. The molecule has 1 amide bonds. The van der Waals surface area contributed by atoms with Gasteiger partial charge in [-0.3, -0.25) is 4.79 Å². The Balaban J connectivity index is 1.45. The standard InChI is InChI=1S/C17H23N5O2S/c1-21-9-7-15(8-10-21)24-14-5-3-13(4-6-14)19-16(23)11-25-17-20-18-12-22(17)2/h3-6,12,15H,7-11H2,1-2H3,(H,19,23). The highest BCUT2D eigenvalue weighted by atomic mass is 32.2. The Hall–Kier alpha value is -2.06. The number of aromatic nitrogens is 3. The Labute approximate surface area is 151 Å². The first-order chi connectivity index (χ1) is 12.1. The summed E-state index contributed by atoms with van der Waals surface area (Å²) in [5, 5.41) is 11.3. The van der Waals surface area contributed by atoms with Gasteiger partial charge in [-0.2, -0.15) is 0 Å². The normalized spacial score (nSPS) is 15.9. The number of carbonyl (C=O) groups is 1. The lowest BCUT2D eigenvalue weighted by atomic mass is 10.1. The van der Waals surface area contributed by atoms with Crippen LogP contribution in [0.5, 0.6) is 5.75 Å². The predicted molar refractivity (Wildman–Crippen MR) is 97.9 cm³/mol. The number of amides is 1. The van der Waals surface area contributed by atoms with Gasteiger partial charge < -0.3 is 19.5 Å². The van der Waals surface area contributed by atoms with Crippen LogP contribution in [0, 0.1) is 0 Å². The second kappa shape index (κ2) is 8.35. The summed E-state index contributed by atoms with van der Waals surface area (Å²) in [6.07, 6.45) is 3.99. The number of rotatable bonds is 6. The zero-order valence-corrected chi connectivity index (χ0v) is 15.3. The minimum Gasteiger partial charge on any atom is -0.490 e. The quantitative estimate of drug-likeness (QED) is 0.794. The summed E-state index contributed by atoms with van der Waals surface area (Å²) >= 11 is 1.36. The minimum atomic E-state index is -0.0722. The molecule has 0 unspecified atom stereocenters. The number of carbonyl (C=O) groups excluding carboxylic acids is 1. The molecule has 3 rings (SSSR count). The Morgan fingerprint density at radius 1 is 1.28 bits per heavy atom. The molecule has 8 heteroatoms. The molecular formula is C17H23N5O2S. The molecule has 0 bridgehead atoms. The Morgan fingerprint density at radius 2 is 2.00 bits per heavy atom. The van der Waals surface area contributed by atoms with Crippen molar-refractivity contribution in [2.24, 2.45) is 7.05 Å². The van der Waals surface area contributed by atoms with E-state index in [0.717, 1.165) is 42.5 Å². The number of nitrogens with one attached hydrogen (secondary N) is 1. The molecule has 25 heavy (non-hydrogen) atoms. The summed E-state index contributed by atoms with van der Waals surface area (Å²) in [5.74, 6) is 1.07. The molecule has 1 aromatic heterocycles. The van der Waals surface area contributed by atoms with Crippen molar-refractivity contribution >= 4 is 23.4 Å². The number of hydrogen-bond acceptors (Lipinski definition) is 6. The van der Waals surface area contributed by atoms with Crippen molar-refractivity contribution in [2.45, 2.75) is 24.1 Å². The van der Waals surface area contributed by atoms with Gasteiger partial charge >= 0.3 is 0 Å². The van der Waals surface area contributed by atoms with E-state index >= 15 is 0 Å². The first kappa shape index (κ1) is 17.8. The number of piperidine rings is 1. The van der Waals surface area contributed by atoms with Crippen molar-refractivity contribution in [3.63, 3.8) is 0 Å². The van der Waals surface area contributed by atoms with Crippen LogP contribution in [-0.4, -0.2) is 57.6 Å². The number of ether oxygens (including phenoxy) is 1. The largest absolute Gasteiger partial charge is 0.490 e. The first-order valence-corrected chi connectivity index (χ1v) is 9.30. The van der Waals surface area contributed by atoms with Crippen molar-refractivity contribution in [1.82, 2.24) is 19.7 Å². The maximum Gasteiger partial charge on any atom is 0.234 e. The second-order valence-electron chi connectivity index (χ2n) is 6.21. The Morgan fingerprint density at radius 3 is 2.64 bits per heavy atom. The fraction of sp³-hybridized carbons (Fsp3) is 0.471. The van der Waals surface area contributed by atoms with E-state index in [1.165, 1.54) is 11.8 Å². The summed E-state index contributed by atoms with van der Waals surface area (Å²) in [6.45, 7) is 2.14. The van der Waals surface area contributed by atoms with E-state index in [-0.39, 0.29) is 12.0 Å². The minimum absolute atomic E-state index is 0.0722. The van der Waals surface area contributed by atoms with Crippen LogP contribution in [0.4, 0.5) is 5.69 Å². The van der Waals surface area contributed by atoms with E-state index in [0.29, 0.717) is 5.75 Å². The Bertz CT molecular complexity index is 695. The number of likely N-dealkylation sites (tertiary alicyclic amines) is 1. The molecule has 1 aliphatic heterocycles. The molecule has 7 nitrogen and oxygen atoms in total. The third-order valence-corrected chi connectivity index (χ3v) is 5.14. The lowest BCUT2D eigenvalue weighted by Crippen LogP contribution is -2.35. The van der Waals surface area contributed by atoms with Gasteiger partial charge in [-0.1, -0.05) is 11.8 Å². The van der Waals surface area contributed by atoms with Crippen molar-refractivity contribution in [3.05, 3.63) is 30.6 Å². The SMILES string of the molecule is CN1CCC(Oc2ccc(NC(=O)CSc3nncn3C)cc2)CC1. The molecule has 2 heterocycles. The number of anilines is 1. The average molecular weight is 361 g/mol. The monoisotopic (exact) mass is 361 g/mol. The highest BCUT2D eigenvalue weighted by molar-refractivity contribution is 7.99. The third kappa shape index (κ3) is 5.20. The fourth-order valence-corrected chi connectivity index (χ4v) is 3.33. The van der Waals surface area contributed by atoms with Crippen molar-refractivity contribution < 1.29 is 9.53 Å². The number of benzene rings is 1. The van der Waals surface area contributed by atoms with Crippen LogP contribution in [0.25, 0.3) is 0 Å². The predicted octanol–water partition coefficient (Wildman–Crippen LogP) is 2.02. The molecule has 1 fully saturated rings. The van der Waals surface area contributed by atoms with E-state index in [1.807, 2.05) is 31.3 Å². The van der Waals surface area contributed by atoms with Gasteiger partial charge in [-0.05, 0) is 44.2 Å². The molecule has 0 saturated carbocycles. The summed E-state index contributed by atoms with van der Waals surface area (Å²) in [6, 6.07) is 7.55. The van der Waals surface area contributed by atoms with Gasteiger partial charge in [0.05, 0.1) is 5.75 Å².